The summed E-state index contributed by atoms with van der Waals surface area (Å²) in [6, 6.07) is 7.65. The molecular formula is C14H19N5O. The Labute approximate surface area is 117 Å². The molecule has 2 heterocycles. The van der Waals surface area contributed by atoms with Gasteiger partial charge >= 0.3 is 0 Å². The third-order valence-corrected chi connectivity index (χ3v) is 3.91. The minimum atomic E-state index is 0.183. The van der Waals surface area contributed by atoms with E-state index in [1.54, 1.807) is 0 Å². The standard InChI is InChI=1S/C14H19N5O/c1-14(5-7-20-8-6-14)10-19-13(16-17-18-19)11-3-2-4-12(15)9-11/h2-4,9H,5-8,10,15H2,1H3. The zero-order valence-electron chi connectivity index (χ0n) is 11.6. The average molecular weight is 273 g/mol. The van der Waals surface area contributed by atoms with E-state index in [1.165, 1.54) is 0 Å². The largest absolute Gasteiger partial charge is 0.399 e. The lowest BCUT2D eigenvalue weighted by atomic mass is 9.82. The van der Waals surface area contributed by atoms with Gasteiger partial charge in [-0.2, -0.15) is 0 Å². The Morgan fingerprint density at radius 1 is 1.35 bits per heavy atom. The van der Waals surface area contributed by atoms with Crippen molar-refractivity contribution in [1.82, 2.24) is 20.2 Å². The second kappa shape index (κ2) is 5.20. The van der Waals surface area contributed by atoms with E-state index in [0.717, 1.165) is 44.0 Å². The number of nitrogen functional groups attached to an aromatic ring is 1. The second-order valence-electron chi connectivity index (χ2n) is 5.71. The zero-order chi connectivity index (χ0) is 14.0. The molecule has 6 nitrogen and oxygen atoms in total. The quantitative estimate of drug-likeness (QED) is 0.862. The molecule has 0 bridgehead atoms. The Bertz CT molecular complexity index is 589. The number of nitrogens with two attached hydrogens (primary N) is 1. The normalized spacial score (nSPS) is 18.1. The maximum Gasteiger partial charge on any atom is 0.182 e. The highest BCUT2D eigenvalue weighted by atomic mass is 16.5. The molecule has 0 amide bonds. The van der Waals surface area contributed by atoms with Gasteiger partial charge in [-0.15, -0.1) is 5.10 Å². The fourth-order valence-corrected chi connectivity index (χ4v) is 2.58. The molecule has 0 unspecified atom stereocenters. The van der Waals surface area contributed by atoms with Crippen LogP contribution in [0.25, 0.3) is 11.4 Å². The van der Waals surface area contributed by atoms with Crippen molar-refractivity contribution in [2.45, 2.75) is 26.3 Å². The minimum absolute atomic E-state index is 0.183. The van der Waals surface area contributed by atoms with Gasteiger partial charge in [0.25, 0.3) is 0 Å². The van der Waals surface area contributed by atoms with Crippen LogP contribution >= 0.6 is 0 Å². The van der Waals surface area contributed by atoms with Gasteiger partial charge in [-0.3, -0.25) is 0 Å². The first kappa shape index (κ1) is 13.1. The molecule has 0 atom stereocenters. The van der Waals surface area contributed by atoms with E-state index in [9.17, 15) is 0 Å². The van der Waals surface area contributed by atoms with Crippen LogP contribution in [0.2, 0.25) is 0 Å². The Morgan fingerprint density at radius 3 is 2.90 bits per heavy atom. The number of nitrogens with zero attached hydrogens (tertiary/aromatic N) is 4. The fraction of sp³-hybridized carbons (Fsp3) is 0.500. The molecule has 0 spiro atoms. The van der Waals surface area contributed by atoms with Crippen LogP contribution in [0.3, 0.4) is 0 Å². The topological polar surface area (TPSA) is 78.9 Å². The van der Waals surface area contributed by atoms with Gasteiger partial charge in [-0.25, -0.2) is 4.68 Å². The number of hydrogen-bond donors (Lipinski definition) is 1. The lowest BCUT2D eigenvalue weighted by molar-refractivity contribution is 0.0138. The third-order valence-electron chi connectivity index (χ3n) is 3.91. The van der Waals surface area contributed by atoms with Gasteiger partial charge in [0.1, 0.15) is 0 Å². The molecule has 3 rings (SSSR count). The first-order valence-corrected chi connectivity index (χ1v) is 6.86. The van der Waals surface area contributed by atoms with E-state index in [4.69, 9.17) is 10.5 Å². The molecule has 20 heavy (non-hydrogen) atoms. The highest BCUT2D eigenvalue weighted by molar-refractivity contribution is 5.60. The van der Waals surface area contributed by atoms with Crippen LogP contribution in [-0.2, 0) is 11.3 Å². The SMILES string of the molecule is CC1(Cn2nnnc2-c2cccc(N)c2)CCOCC1. The predicted molar refractivity (Wildman–Crippen MR) is 75.8 cm³/mol. The highest BCUT2D eigenvalue weighted by Crippen LogP contribution is 2.32. The van der Waals surface area contributed by atoms with Crippen molar-refractivity contribution in [1.29, 1.82) is 0 Å². The molecule has 1 aromatic carbocycles. The van der Waals surface area contributed by atoms with Crippen molar-refractivity contribution in [2.75, 3.05) is 18.9 Å². The molecule has 1 aliphatic rings. The van der Waals surface area contributed by atoms with Crippen molar-refractivity contribution in [3.63, 3.8) is 0 Å². The van der Waals surface area contributed by atoms with Gasteiger partial charge in [0, 0.05) is 24.5 Å². The summed E-state index contributed by atoms with van der Waals surface area (Å²) in [4.78, 5) is 0. The van der Waals surface area contributed by atoms with Crippen LogP contribution in [0.4, 0.5) is 5.69 Å². The number of aromatic nitrogens is 4. The van der Waals surface area contributed by atoms with E-state index < -0.39 is 0 Å². The Kier molecular flexibility index (Phi) is 3.40. The van der Waals surface area contributed by atoms with Gasteiger partial charge in [0.15, 0.2) is 5.82 Å². The summed E-state index contributed by atoms with van der Waals surface area (Å²) in [5.74, 6) is 0.769. The van der Waals surface area contributed by atoms with E-state index in [2.05, 4.69) is 22.4 Å². The number of ether oxygens (including phenoxy) is 1. The number of benzene rings is 1. The second-order valence-corrected chi connectivity index (χ2v) is 5.71. The highest BCUT2D eigenvalue weighted by Gasteiger charge is 2.29. The molecule has 0 saturated carbocycles. The van der Waals surface area contributed by atoms with Crippen molar-refractivity contribution < 1.29 is 4.74 Å². The molecule has 1 aliphatic heterocycles. The van der Waals surface area contributed by atoms with Crippen LogP contribution < -0.4 is 5.73 Å². The smallest absolute Gasteiger partial charge is 0.182 e. The minimum Gasteiger partial charge on any atom is -0.399 e. The monoisotopic (exact) mass is 273 g/mol. The van der Waals surface area contributed by atoms with Crippen LogP contribution in [-0.4, -0.2) is 33.4 Å². The summed E-state index contributed by atoms with van der Waals surface area (Å²) >= 11 is 0. The molecule has 0 aliphatic carbocycles. The van der Waals surface area contributed by atoms with Crippen molar-refractivity contribution in [3.05, 3.63) is 24.3 Å². The van der Waals surface area contributed by atoms with Crippen LogP contribution in [0.5, 0.6) is 0 Å². The molecule has 1 aromatic heterocycles. The average Bonchev–Trinajstić information content (AvgIpc) is 2.87. The summed E-state index contributed by atoms with van der Waals surface area (Å²) in [5.41, 5.74) is 7.68. The third kappa shape index (κ3) is 2.65. The number of hydrogen-bond acceptors (Lipinski definition) is 5. The predicted octanol–water partition coefficient (Wildman–Crippen LogP) is 1.74. The lowest BCUT2D eigenvalue weighted by Crippen LogP contribution is -2.31. The number of anilines is 1. The first-order valence-electron chi connectivity index (χ1n) is 6.86. The van der Waals surface area contributed by atoms with Crippen LogP contribution in [0.15, 0.2) is 24.3 Å². The van der Waals surface area contributed by atoms with Crippen molar-refractivity contribution in [2.24, 2.45) is 5.41 Å². The molecule has 6 heteroatoms. The summed E-state index contributed by atoms with van der Waals surface area (Å²) in [6.07, 6.45) is 2.06. The number of rotatable bonds is 3. The summed E-state index contributed by atoms with van der Waals surface area (Å²) in [6.45, 7) is 4.69. The molecule has 1 fully saturated rings. The molecule has 106 valence electrons. The summed E-state index contributed by atoms with van der Waals surface area (Å²) in [7, 11) is 0. The van der Waals surface area contributed by atoms with Crippen molar-refractivity contribution >= 4 is 5.69 Å². The van der Waals surface area contributed by atoms with E-state index in [0.29, 0.717) is 5.69 Å². The Hall–Kier alpha value is -1.95. The van der Waals surface area contributed by atoms with Gasteiger partial charge < -0.3 is 10.5 Å². The number of tetrazole rings is 1. The Balaban J connectivity index is 1.87. The van der Waals surface area contributed by atoms with Gasteiger partial charge in [0.2, 0.25) is 0 Å². The van der Waals surface area contributed by atoms with Gasteiger partial charge in [-0.1, -0.05) is 19.1 Å². The van der Waals surface area contributed by atoms with E-state index in [1.807, 2.05) is 28.9 Å². The Morgan fingerprint density at radius 2 is 2.15 bits per heavy atom. The lowest BCUT2D eigenvalue weighted by Gasteiger charge is -2.33. The summed E-state index contributed by atoms with van der Waals surface area (Å²) < 4.78 is 7.31. The maximum absolute atomic E-state index is 5.83. The molecular weight excluding hydrogens is 254 g/mol. The summed E-state index contributed by atoms with van der Waals surface area (Å²) in [5, 5.41) is 12.1. The fourth-order valence-electron chi connectivity index (χ4n) is 2.58. The van der Waals surface area contributed by atoms with Crippen molar-refractivity contribution in [3.8, 4) is 11.4 Å². The van der Waals surface area contributed by atoms with E-state index >= 15 is 0 Å². The van der Waals surface area contributed by atoms with Gasteiger partial charge in [-0.05, 0) is 40.8 Å². The van der Waals surface area contributed by atoms with Crippen LogP contribution in [0.1, 0.15) is 19.8 Å². The molecule has 0 radical (unpaired) electrons. The zero-order valence-corrected chi connectivity index (χ0v) is 11.6. The van der Waals surface area contributed by atoms with Crippen LogP contribution in [0, 0.1) is 5.41 Å². The molecule has 2 N–H and O–H groups in total. The van der Waals surface area contributed by atoms with E-state index in [-0.39, 0.29) is 5.41 Å². The molecule has 2 aromatic rings. The molecule has 1 saturated heterocycles. The van der Waals surface area contributed by atoms with Gasteiger partial charge in [0.05, 0.1) is 6.54 Å². The first-order chi connectivity index (χ1) is 9.66. The maximum atomic E-state index is 5.83.